The average Bonchev–Trinajstić information content (AvgIpc) is 3.04. The van der Waals surface area contributed by atoms with E-state index in [4.69, 9.17) is 4.98 Å². The van der Waals surface area contributed by atoms with Crippen molar-refractivity contribution in [1.29, 1.82) is 0 Å². The first-order valence-corrected chi connectivity index (χ1v) is 9.48. The Morgan fingerprint density at radius 1 is 1.11 bits per heavy atom. The zero-order valence-electron chi connectivity index (χ0n) is 15.8. The highest BCUT2D eigenvalue weighted by atomic mass is 19.2. The number of halogens is 2. The van der Waals surface area contributed by atoms with Crippen LogP contribution in [0.15, 0.2) is 47.3 Å². The van der Waals surface area contributed by atoms with Gasteiger partial charge in [-0.1, -0.05) is 26.0 Å². The fourth-order valence-corrected chi connectivity index (χ4v) is 3.86. The molecule has 4 rings (SSSR count). The second-order valence-corrected chi connectivity index (χ2v) is 7.00. The molecule has 0 amide bonds. The van der Waals surface area contributed by atoms with Gasteiger partial charge in [-0.2, -0.15) is 0 Å². The normalized spacial score (nSPS) is 11.8. The molecular weight excluding hydrogens is 360 g/mol. The first-order valence-electron chi connectivity index (χ1n) is 9.48. The first-order chi connectivity index (χ1) is 13.5. The van der Waals surface area contributed by atoms with Crippen molar-refractivity contribution in [2.75, 3.05) is 0 Å². The van der Waals surface area contributed by atoms with Crippen LogP contribution in [0.4, 0.5) is 8.78 Å². The van der Waals surface area contributed by atoms with E-state index >= 15 is 0 Å². The highest BCUT2D eigenvalue weighted by Crippen LogP contribution is 2.29. The molecule has 4 aromatic rings. The highest BCUT2D eigenvalue weighted by molar-refractivity contribution is 5.83. The van der Waals surface area contributed by atoms with Crippen LogP contribution in [0.25, 0.3) is 21.9 Å². The van der Waals surface area contributed by atoms with Gasteiger partial charge in [0, 0.05) is 17.4 Å². The molecule has 0 aliphatic rings. The summed E-state index contributed by atoms with van der Waals surface area (Å²) in [6, 6.07) is 11.9. The lowest BCUT2D eigenvalue weighted by molar-refractivity contribution is 0.515. The quantitative estimate of drug-likeness (QED) is 0.522. The smallest absolute Gasteiger partial charge is 0.248 e. The van der Waals surface area contributed by atoms with E-state index in [-0.39, 0.29) is 11.4 Å². The Hall–Kier alpha value is -3.02. The lowest BCUT2D eigenvalue weighted by Crippen LogP contribution is -2.13. The predicted octanol–water partition coefficient (Wildman–Crippen LogP) is 5.11. The Labute approximate surface area is 160 Å². The summed E-state index contributed by atoms with van der Waals surface area (Å²) in [5.74, 6) is -0.796. The highest BCUT2D eigenvalue weighted by Gasteiger charge is 2.19. The van der Waals surface area contributed by atoms with Crippen LogP contribution in [-0.2, 0) is 6.54 Å². The van der Waals surface area contributed by atoms with Gasteiger partial charge in [0.05, 0.1) is 23.1 Å². The first kappa shape index (κ1) is 18.3. The number of H-pyrrole nitrogens is 1. The molecule has 6 heteroatoms. The van der Waals surface area contributed by atoms with Crippen LogP contribution in [0.1, 0.15) is 44.0 Å². The number of fused-ring (bicyclic) bond motifs is 2. The SMILES string of the molecule is CCC(CC)c1nc2ccccc2n1Cc1cc(=O)[nH]c2c(F)c(F)ccc12. The molecule has 0 aliphatic carbocycles. The van der Waals surface area contributed by atoms with Crippen LogP contribution in [0.5, 0.6) is 0 Å². The minimum atomic E-state index is -1.04. The molecule has 144 valence electrons. The van der Waals surface area contributed by atoms with Crippen molar-refractivity contribution in [2.24, 2.45) is 0 Å². The number of hydrogen-bond donors (Lipinski definition) is 1. The molecule has 2 aromatic heterocycles. The lowest BCUT2D eigenvalue weighted by atomic mass is 10.0. The zero-order valence-corrected chi connectivity index (χ0v) is 15.8. The van der Waals surface area contributed by atoms with E-state index in [0.717, 1.165) is 35.8 Å². The Morgan fingerprint density at radius 2 is 1.86 bits per heavy atom. The van der Waals surface area contributed by atoms with Crippen LogP contribution in [0.3, 0.4) is 0 Å². The van der Waals surface area contributed by atoms with Gasteiger partial charge in [-0.15, -0.1) is 0 Å². The van der Waals surface area contributed by atoms with E-state index in [9.17, 15) is 13.6 Å². The number of benzene rings is 2. The number of aromatic nitrogens is 3. The van der Waals surface area contributed by atoms with E-state index in [2.05, 4.69) is 23.4 Å². The number of nitrogens with zero attached hydrogens (tertiary/aromatic N) is 2. The van der Waals surface area contributed by atoms with Gasteiger partial charge in [0.15, 0.2) is 11.6 Å². The zero-order chi connectivity index (χ0) is 19.8. The van der Waals surface area contributed by atoms with Gasteiger partial charge in [-0.3, -0.25) is 4.79 Å². The molecule has 0 spiro atoms. The van der Waals surface area contributed by atoms with Crippen LogP contribution in [0, 0.1) is 11.6 Å². The van der Waals surface area contributed by atoms with Gasteiger partial charge in [0.2, 0.25) is 5.56 Å². The van der Waals surface area contributed by atoms with Crippen LogP contribution in [-0.4, -0.2) is 14.5 Å². The third-order valence-corrected chi connectivity index (χ3v) is 5.36. The molecule has 0 atom stereocenters. The summed E-state index contributed by atoms with van der Waals surface area (Å²) < 4.78 is 30.0. The minimum Gasteiger partial charge on any atom is -0.323 e. The molecular formula is C22H21F2N3O. The number of pyridine rings is 1. The average molecular weight is 381 g/mol. The van der Waals surface area contributed by atoms with Crippen LogP contribution < -0.4 is 5.56 Å². The Balaban J connectivity index is 1.95. The summed E-state index contributed by atoms with van der Waals surface area (Å²) in [4.78, 5) is 19.4. The molecule has 0 saturated carbocycles. The molecule has 0 fully saturated rings. The number of hydrogen-bond acceptors (Lipinski definition) is 2. The Kier molecular flexibility index (Phi) is 4.71. The van der Waals surface area contributed by atoms with Gasteiger partial charge in [0.25, 0.3) is 0 Å². The molecule has 2 heterocycles. The van der Waals surface area contributed by atoms with Crippen LogP contribution >= 0.6 is 0 Å². The van der Waals surface area contributed by atoms with Crippen molar-refractivity contribution in [1.82, 2.24) is 14.5 Å². The van der Waals surface area contributed by atoms with Crippen molar-refractivity contribution in [3.63, 3.8) is 0 Å². The molecule has 28 heavy (non-hydrogen) atoms. The van der Waals surface area contributed by atoms with E-state index in [1.54, 1.807) is 0 Å². The standard InChI is InChI=1S/C22H21F2N3O/c1-3-13(4-2)22-25-17-7-5-6-8-18(17)27(22)12-14-11-19(28)26-21-15(14)9-10-16(23)20(21)24/h5-11,13H,3-4,12H2,1-2H3,(H,26,28). The number of imidazole rings is 1. The van der Waals surface area contributed by atoms with E-state index in [0.29, 0.717) is 17.5 Å². The lowest BCUT2D eigenvalue weighted by Gasteiger charge is -2.16. The van der Waals surface area contributed by atoms with Crippen molar-refractivity contribution in [2.45, 2.75) is 39.2 Å². The Bertz CT molecular complexity index is 1220. The summed E-state index contributed by atoms with van der Waals surface area (Å²) in [7, 11) is 0. The Morgan fingerprint density at radius 3 is 2.61 bits per heavy atom. The van der Waals surface area contributed by atoms with Crippen molar-refractivity contribution in [3.05, 3.63) is 75.8 Å². The summed E-state index contributed by atoms with van der Waals surface area (Å²) in [6.45, 7) is 4.61. The fourth-order valence-electron chi connectivity index (χ4n) is 3.86. The number of nitrogens with one attached hydrogen (secondary N) is 1. The predicted molar refractivity (Wildman–Crippen MR) is 107 cm³/mol. The molecule has 0 unspecified atom stereocenters. The van der Waals surface area contributed by atoms with Crippen molar-refractivity contribution in [3.8, 4) is 0 Å². The third kappa shape index (κ3) is 2.99. The van der Waals surface area contributed by atoms with Gasteiger partial charge < -0.3 is 9.55 Å². The largest absolute Gasteiger partial charge is 0.323 e. The summed E-state index contributed by atoms with van der Waals surface area (Å²) in [5.41, 5.74) is 1.92. The minimum absolute atomic E-state index is 0.101. The second kappa shape index (κ2) is 7.19. The van der Waals surface area contributed by atoms with Gasteiger partial charge in [-0.05, 0) is 42.7 Å². The fraction of sp³-hybridized carbons (Fsp3) is 0.273. The summed E-state index contributed by atoms with van der Waals surface area (Å²) >= 11 is 0. The molecule has 4 nitrogen and oxygen atoms in total. The maximum Gasteiger partial charge on any atom is 0.248 e. The maximum absolute atomic E-state index is 14.2. The topological polar surface area (TPSA) is 50.7 Å². The molecule has 0 saturated heterocycles. The number of para-hydroxylation sites is 2. The second-order valence-electron chi connectivity index (χ2n) is 7.00. The molecule has 0 aliphatic heterocycles. The number of rotatable bonds is 5. The van der Waals surface area contributed by atoms with Gasteiger partial charge in [-0.25, -0.2) is 13.8 Å². The van der Waals surface area contributed by atoms with E-state index in [1.807, 2.05) is 24.3 Å². The molecule has 0 radical (unpaired) electrons. The van der Waals surface area contributed by atoms with E-state index < -0.39 is 17.2 Å². The summed E-state index contributed by atoms with van der Waals surface area (Å²) in [6.07, 6.45) is 1.88. The van der Waals surface area contributed by atoms with Gasteiger partial charge >= 0.3 is 0 Å². The van der Waals surface area contributed by atoms with Crippen molar-refractivity contribution < 1.29 is 8.78 Å². The van der Waals surface area contributed by atoms with E-state index in [1.165, 1.54) is 12.1 Å². The van der Waals surface area contributed by atoms with Crippen molar-refractivity contribution >= 4 is 21.9 Å². The monoisotopic (exact) mass is 381 g/mol. The molecule has 0 bridgehead atoms. The maximum atomic E-state index is 14.2. The van der Waals surface area contributed by atoms with Gasteiger partial charge in [0.1, 0.15) is 5.82 Å². The molecule has 1 N–H and O–H groups in total. The molecule has 2 aromatic carbocycles. The van der Waals surface area contributed by atoms with Crippen LogP contribution in [0.2, 0.25) is 0 Å². The summed E-state index contributed by atoms with van der Waals surface area (Å²) in [5, 5.41) is 0.492. The third-order valence-electron chi connectivity index (χ3n) is 5.36. The number of aromatic amines is 1.